The van der Waals surface area contributed by atoms with E-state index in [1.54, 1.807) is 36.0 Å². The Morgan fingerprint density at radius 1 is 1.13 bits per heavy atom. The second-order valence-corrected chi connectivity index (χ2v) is 8.07. The molecule has 8 nitrogen and oxygen atoms in total. The second-order valence-electron chi connectivity index (χ2n) is 8.07. The van der Waals surface area contributed by atoms with E-state index in [-0.39, 0.29) is 42.3 Å². The van der Waals surface area contributed by atoms with Gasteiger partial charge >= 0.3 is 0 Å². The summed E-state index contributed by atoms with van der Waals surface area (Å²) in [6.07, 6.45) is 7.95. The van der Waals surface area contributed by atoms with Crippen LogP contribution in [-0.2, 0) is 4.79 Å². The number of furan rings is 1. The fraction of sp³-hybridized carbons (Fsp3) is 0.667. The predicted octanol–water partition coefficient (Wildman–Crippen LogP) is 2.27. The molecule has 0 radical (unpaired) electrons. The highest BCUT2D eigenvalue weighted by Gasteiger charge is 2.26. The highest BCUT2D eigenvalue weighted by molar-refractivity contribution is 14.0. The molecule has 1 N–H and O–H groups in total. The van der Waals surface area contributed by atoms with Crippen LogP contribution < -0.4 is 5.32 Å². The molecule has 0 atom stereocenters. The van der Waals surface area contributed by atoms with E-state index in [1.165, 1.54) is 38.4 Å². The van der Waals surface area contributed by atoms with Gasteiger partial charge in [-0.1, -0.05) is 19.3 Å². The third-order valence-electron chi connectivity index (χ3n) is 5.73. The molecular formula is C21H34IN5O3. The number of amides is 2. The summed E-state index contributed by atoms with van der Waals surface area (Å²) in [6, 6.07) is 3.42. The fourth-order valence-corrected chi connectivity index (χ4v) is 3.86. The number of carbonyl (C=O) groups is 2. The first-order chi connectivity index (χ1) is 14.0. The van der Waals surface area contributed by atoms with Crippen molar-refractivity contribution in [3.63, 3.8) is 0 Å². The van der Waals surface area contributed by atoms with Crippen LogP contribution in [0, 0.1) is 5.92 Å². The number of piperazine rings is 1. The lowest BCUT2D eigenvalue weighted by Crippen LogP contribution is -2.54. The molecule has 0 spiro atoms. The van der Waals surface area contributed by atoms with E-state index in [2.05, 4.69) is 15.2 Å². The minimum atomic E-state index is -0.0777. The highest BCUT2D eigenvalue weighted by Crippen LogP contribution is 2.22. The van der Waals surface area contributed by atoms with Gasteiger partial charge in [0.2, 0.25) is 5.91 Å². The Balaban J connectivity index is 0.00000320. The van der Waals surface area contributed by atoms with Gasteiger partial charge in [0.05, 0.1) is 6.26 Å². The molecule has 1 aromatic heterocycles. The third-order valence-corrected chi connectivity index (χ3v) is 5.73. The van der Waals surface area contributed by atoms with Crippen LogP contribution in [0.25, 0.3) is 0 Å². The Bertz CT molecular complexity index is 694. The van der Waals surface area contributed by atoms with Crippen molar-refractivity contribution in [2.75, 3.05) is 53.4 Å². The summed E-state index contributed by atoms with van der Waals surface area (Å²) in [7, 11) is 3.48. The van der Waals surface area contributed by atoms with Crippen molar-refractivity contribution in [1.29, 1.82) is 0 Å². The lowest BCUT2D eigenvalue weighted by molar-refractivity contribution is -0.127. The molecule has 0 bridgehead atoms. The number of hydrogen-bond acceptors (Lipinski definition) is 4. The quantitative estimate of drug-likeness (QED) is 0.358. The zero-order valence-corrected chi connectivity index (χ0v) is 20.3. The van der Waals surface area contributed by atoms with Crippen LogP contribution in [0.3, 0.4) is 0 Å². The lowest BCUT2D eigenvalue weighted by Gasteiger charge is -2.36. The standard InChI is InChI=1S/C21H33N5O3.HI/c1-24(2)19(27)16-23-21(22-15-17-7-4-3-5-8-17)26-12-10-25(11-13-26)20(28)18-9-6-14-29-18;/h6,9,14,17H,3-5,7-8,10-13,15-16H2,1-2H3,(H,22,23);1H. The molecule has 3 rings (SSSR count). The molecule has 1 aromatic rings. The number of aliphatic imine (C=N–C) groups is 1. The number of guanidine groups is 1. The minimum absolute atomic E-state index is 0. The monoisotopic (exact) mass is 531 g/mol. The molecular weight excluding hydrogens is 497 g/mol. The number of carbonyl (C=O) groups excluding carboxylic acids is 2. The Hall–Kier alpha value is -1.78. The van der Waals surface area contributed by atoms with Crippen molar-refractivity contribution in [3.8, 4) is 0 Å². The molecule has 2 amide bonds. The Labute approximate surface area is 196 Å². The average molecular weight is 531 g/mol. The van der Waals surface area contributed by atoms with E-state index in [9.17, 15) is 9.59 Å². The number of rotatable bonds is 5. The zero-order valence-electron chi connectivity index (χ0n) is 18.0. The Kier molecular flexibility index (Phi) is 9.93. The number of nitrogens with zero attached hydrogens (tertiary/aromatic N) is 4. The van der Waals surface area contributed by atoms with Gasteiger partial charge in [-0.25, -0.2) is 4.99 Å². The predicted molar refractivity (Wildman–Crippen MR) is 127 cm³/mol. The van der Waals surface area contributed by atoms with Gasteiger partial charge in [-0.05, 0) is 30.9 Å². The summed E-state index contributed by atoms with van der Waals surface area (Å²) in [4.78, 5) is 34.6. The first kappa shape index (κ1) is 24.5. The molecule has 0 unspecified atom stereocenters. The summed E-state index contributed by atoms with van der Waals surface area (Å²) in [5, 5.41) is 3.51. The maximum absolute atomic E-state index is 12.5. The second kappa shape index (κ2) is 12.2. The van der Waals surface area contributed by atoms with Gasteiger partial charge in [0.1, 0.15) is 6.54 Å². The molecule has 9 heteroatoms. The van der Waals surface area contributed by atoms with Gasteiger partial charge in [-0.15, -0.1) is 24.0 Å². The SMILES string of the molecule is CN(C)C(=O)CN=C(NCC1CCCCC1)N1CCN(C(=O)c2ccco2)CC1.I. The number of hydrogen-bond donors (Lipinski definition) is 1. The number of nitrogens with one attached hydrogen (secondary N) is 1. The van der Waals surface area contributed by atoms with E-state index in [4.69, 9.17) is 4.42 Å². The van der Waals surface area contributed by atoms with Gasteiger partial charge in [-0.3, -0.25) is 9.59 Å². The van der Waals surface area contributed by atoms with Crippen LogP contribution in [0.1, 0.15) is 42.7 Å². The van der Waals surface area contributed by atoms with E-state index in [0.29, 0.717) is 37.9 Å². The van der Waals surface area contributed by atoms with Crippen molar-refractivity contribution in [2.45, 2.75) is 32.1 Å². The molecule has 1 saturated heterocycles. The molecule has 1 saturated carbocycles. The lowest BCUT2D eigenvalue weighted by atomic mass is 9.89. The van der Waals surface area contributed by atoms with Gasteiger partial charge in [0, 0.05) is 46.8 Å². The minimum Gasteiger partial charge on any atom is -0.459 e. The van der Waals surface area contributed by atoms with Crippen LogP contribution >= 0.6 is 24.0 Å². The number of halogens is 1. The summed E-state index contributed by atoms with van der Waals surface area (Å²) < 4.78 is 5.23. The molecule has 2 heterocycles. The van der Waals surface area contributed by atoms with E-state index >= 15 is 0 Å². The van der Waals surface area contributed by atoms with Gasteiger partial charge in [0.25, 0.3) is 5.91 Å². The molecule has 2 fully saturated rings. The van der Waals surface area contributed by atoms with Crippen molar-refractivity contribution >= 4 is 41.8 Å². The molecule has 168 valence electrons. The van der Waals surface area contributed by atoms with Crippen LogP contribution in [0.15, 0.2) is 27.8 Å². The van der Waals surface area contributed by atoms with Crippen LogP contribution in [0.4, 0.5) is 0 Å². The normalized spacial score (nSPS) is 18.0. The van der Waals surface area contributed by atoms with Gasteiger partial charge in [0.15, 0.2) is 11.7 Å². The van der Waals surface area contributed by atoms with Gasteiger partial charge < -0.3 is 24.4 Å². The zero-order chi connectivity index (χ0) is 20.6. The molecule has 1 aliphatic carbocycles. The molecule has 2 aliphatic rings. The maximum atomic E-state index is 12.5. The van der Waals surface area contributed by atoms with E-state index < -0.39 is 0 Å². The molecule has 1 aliphatic heterocycles. The first-order valence-electron chi connectivity index (χ1n) is 10.6. The topological polar surface area (TPSA) is 81.4 Å². The van der Waals surface area contributed by atoms with Crippen molar-refractivity contribution in [2.24, 2.45) is 10.9 Å². The highest BCUT2D eigenvalue weighted by atomic mass is 127. The summed E-state index contributed by atoms with van der Waals surface area (Å²) >= 11 is 0. The van der Waals surface area contributed by atoms with Crippen molar-refractivity contribution in [3.05, 3.63) is 24.2 Å². The van der Waals surface area contributed by atoms with Crippen molar-refractivity contribution < 1.29 is 14.0 Å². The van der Waals surface area contributed by atoms with E-state index in [1.807, 2.05) is 0 Å². The molecule has 30 heavy (non-hydrogen) atoms. The largest absolute Gasteiger partial charge is 0.459 e. The summed E-state index contributed by atoms with van der Waals surface area (Å²) in [5.74, 6) is 1.72. The van der Waals surface area contributed by atoms with E-state index in [0.717, 1.165) is 12.5 Å². The first-order valence-corrected chi connectivity index (χ1v) is 10.6. The van der Waals surface area contributed by atoms with Crippen LogP contribution in [-0.4, -0.2) is 85.8 Å². The molecule has 0 aromatic carbocycles. The van der Waals surface area contributed by atoms with Crippen LogP contribution in [0.2, 0.25) is 0 Å². The number of likely N-dealkylation sites (N-methyl/N-ethyl adjacent to an activating group) is 1. The third kappa shape index (κ3) is 6.88. The maximum Gasteiger partial charge on any atom is 0.289 e. The van der Waals surface area contributed by atoms with Gasteiger partial charge in [-0.2, -0.15) is 0 Å². The fourth-order valence-electron chi connectivity index (χ4n) is 3.86. The Morgan fingerprint density at radius 3 is 2.40 bits per heavy atom. The summed E-state index contributed by atoms with van der Waals surface area (Å²) in [5.41, 5.74) is 0. The van der Waals surface area contributed by atoms with Crippen LogP contribution in [0.5, 0.6) is 0 Å². The summed E-state index contributed by atoms with van der Waals surface area (Å²) in [6.45, 7) is 3.58. The average Bonchev–Trinajstić information content (AvgIpc) is 3.29. The Morgan fingerprint density at radius 2 is 1.80 bits per heavy atom. The smallest absolute Gasteiger partial charge is 0.289 e. The van der Waals surface area contributed by atoms with Crippen molar-refractivity contribution in [1.82, 2.24) is 20.0 Å².